The highest BCUT2D eigenvalue weighted by Gasteiger charge is 2.21. The molecule has 1 N–H and O–H groups in total. The van der Waals surface area contributed by atoms with E-state index < -0.39 is 22.7 Å². The van der Waals surface area contributed by atoms with E-state index in [0.29, 0.717) is 5.69 Å². The van der Waals surface area contributed by atoms with Gasteiger partial charge in [0.15, 0.2) is 0 Å². The van der Waals surface area contributed by atoms with Crippen LogP contribution < -0.4 is 9.46 Å². The maximum absolute atomic E-state index is 12.2. The summed E-state index contributed by atoms with van der Waals surface area (Å²) in [6, 6.07) is 4.07. The number of nitrogens with one attached hydrogen (secondary N) is 1. The van der Waals surface area contributed by atoms with Crippen LogP contribution in [-0.2, 0) is 10.0 Å². The molecule has 1 atom stereocenters. The van der Waals surface area contributed by atoms with Crippen LogP contribution in [0.3, 0.4) is 0 Å². The Bertz CT molecular complexity index is 738. The normalized spacial score (nSPS) is 13.3. The molecule has 1 aromatic carbocycles. The lowest BCUT2D eigenvalue weighted by atomic mass is 10.3. The van der Waals surface area contributed by atoms with Crippen molar-refractivity contribution in [2.45, 2.75) is 24.5 Å². The van der Waals surface area contributed by atoms with Gasteiger partial charge in [-0.05, 0) is 25.1 Å². The van der Waals surface area contributed by atoms with Crippen LogP contribution >= 0.6 is 11.6 Å². The fraction of sp³-hybridized carbons (Fsp3) is 0.250. The zero-order valence-electron chi connectivity index (χ0n) is 11.2. The van der Waals surface area contributed by atoms with Crippen LogP contribution in [0.5, 0.6) is 5.75 Å². The quantitative estimate of drug-likeness (QED) is 0.864. The Hall–Kier alpha value is -1.71. The number of ether oxygens (including phenoxy) is 1. The second kappa shape index (κ2) is 6.59. The summed E-state index contributed by atoms with van der Waals surface area (Å²) in [5.41, 5.74) is 0.396. The average molecular weight is 353 g/mol. The van der Waals surface area contributed by atoms with Gasteiger partial charge in [0.25, 0.3) is 0 Å². The van der Waals surface area contributed by atoms with Crippen molar-refractivity contribution in [3.05, 3.63) is 41.2 Å². The molecule has 120 valence electrons. The molecule has 1 heterocycles. The predicted molar refractivity (Wildman–Crippen MR) is 73.3 cm³/mol. The van der Waals surface area contributed by atoms with Gasteiger partial charge in [-0.15, -0.1) is 0 Å². The van der Waals surface area contributed by atoms with E-state index >= 15 is 0 Å². The topological polar surface area (TPSA) is 81.4 Å². The highest BCUT2D eigenvalue weighted by atomic mass is 35.5. The molecule has 0 unspecified atom stereocenters. The van der Waals surface area contributed by atoms with E-state index in [2.05, 4.69) is 19.1 Å². The number of halogens is 3. The number of aromatic nitrogens is 1. The molecule has 6 nitrogen and oxygen atoms in total. The van der Waals surface area contributed by atoms with E-state index in [1.165, 1.54) is 12.3 Å². The third-order valence-corrected chi connectivity index (χ3v) is 4.50. The van der Waals surface area contributed by atoms with Crippen LogP contribution in [-0.4, -0.2) is 20.2 Å². The molecule has 0 saturated carbocycles. The van der Waals surface area contributed by atoms with Crippen molar-refractivity contribution in [2.75, 3.05) is 0 Å². The Kier molecular flexibility index (Phi) is 4.99. The number of hydrogen-bond acceptors (Lipinski definition) is 5. The van der Waals surface area contributed by atoms with Crippen LogP contribution in [0.2, 0.25) is 5.02 Å². The molecule has 0 bridgehead atoms. The minimum Gasteiger partial charge on any atom is -0.433 e. The van der Waals surface area contributed by atoms with Crippen molar-refractivity contribution in [1.29, 1.82) is 0 Å². The number of sulfonamides is 1. The van der Waals surface area contributed by atoms with Crippen molar-refractivity contribution in [3.8, 4) is 5.75 Å². The van der Waals surface area contributed by atoms with E-state index in [-0.39, 0.29) is 15.7 Å². The van der Waals surface area contributed by atoms with Crippen LogP contribution in [0, 0.1) is 0 Å². The second-order valence-corrected chi connectivity index (χ2v) is 6.36. The first-order valence-corrected chi connectivity index (χ1v) is 7.82. The number of benzene rings is 1. The van der Waals surface area contributed by atoms with E-state index in [1.54, 1.807) is 6.92 Å². The third kappa shape index (κ3) is 3.93. The maximum Gasteiger partial charge on any atom is 0.387 e. The molecule has 0 radical (unpaired) electrons. The van der Waals surface area contributed by atoms with Crippen LogP contribution in [0.25, 0.3) is 0 Å². The van der Waals surface area contributed by atoms with Crippen molar-refractivity contribution < 1.29 is 26.5 Å². The van der Waals surface area contributed by atoms with Gasteiger partial charge < -0.3 is 9.26 Å². The Balaban J connectivity index is 2.21. The lowest BCUT2D eigenvalue weighted by Gasteiger charge is -2.13. The molecule has 0 spiro atoms. The summed E-state index contributed by atoms with van der Waals surface area (Å²) in [5, 5.41) is 3.39. The van der Waals surface area contributed by atoms with Gasteiger partial charge in [0.1, 0.15) is 17.7 Å². The van der Waals surface area contributed by atoms with Gasteiger partial charge in [0, 0.05) is 6.07 Å². The summed E-state index contributed by atoms with van der Waals surface area (Å²) < 4.78 is 59.8. The Morgan fingerprint density at radius 2 is 2.09 bits per heavy atom. The summed E-state index contributed by atoms with van der Waals surface area (Å²) in [4.78, 5) is -0.186. The smallest absolute Gasteiger partial charge is 0.387 e. The van der Waals surface area contributed by atoms with Crippen LogP contribution in [0.15, 0.2) is 39.9 Å². The zero-order valence-corrected chi connectivity index (χ0v) is 12.7. The Labute approximate surface area is 130 Å². The highest BCUT2D eigenvalue weighted by molar-refractivity contribution is 7.89. The first kappa shape index (κ1) is 16.7. The van der Waals surface area contributed by atoms with Gasteiger partial charge in [-0.3, -0.25) is 0 Å². The lowest BCUT2D eigenvalue weighted by Crippen LogP contribution is -2.27. The molecule has 2 rings (SSSR count). The van der Waals surface area contributed by atoms with Crippen molar-refractivity contribution in [1.82, 2.24) is 9.88 Å². The zero-order chi connectivity index (χ0) is 16.3. The van der Waals surface area contributed by atoms with Gasteiger partial charge in [-0.25, -0.2) is 13.1 Å². The van der Waals surface area contributed by atoms with E-state index in [0.717, 1.165) is 18.2 Å². The minimum atomic E-state index is -3.91. The van der Waals surface area contributed by atoms with Crippen LogP contribution in [0.1, 0.15) is 18.7 Å². The third-order valence-electron chi connectivity index (χ3n) is 2.66. The van der Waals surface area contributed by atoms with Gasteiger partial charge in [-0.1, -0.05) is 16.8 Å². The monoisotopic (exact) mass is 352 g/mol. The fourth-order valence-corrected chi connectivity index (χ4v) is 3.18. The molecule has 0 saturated heterocycles. The molecular formula is C12H11ClF2N2O4S. The first-order chi connectivity index (χ1) is 10.3. The first-order valence-electron chi connectivity index (χ1n) is 5.96. The second-order valence-electron chi connectivity index (χ2n) is 4.24. The Morgan fingerprint density at radius 3 is 2.64 bits per heavy atom. The summed E-state index contributed by atoms with van der Waals surface area (Å²) >= 11 is 5.74. The molecule has 10 heteroatoms. The van der Waals surface area contributed by atoms with E-state index in [9.17, 15) is 17.2 Å². The van der Waals surface area contributed by atoms with Gasteiger partial charge in [0.2, 0.25) is 10.0 Å². The summed E-state index contributed by atoms with van der Waals surface area (Å²) in [7, 11) is -3.91. The van der Waals surface area contributed by atoms with Crippen molar-refractivity contribution >= 4 is 21.6 Å². The molecule has 0 aliphatic heterocycles. The summed E-state index contributed by atoms with van der Waals surface area (Å²) in [5.74, 6) is -0.305. The molecule has 0 amide bonds. The Morgan fingerprint density at radius 1 is 1.36 bits per heavy atom. The molecule has 2 aromatic rings. The van der Waals surface area contributed by atoms with Crippen molar-refractivity contribution in [2.24, 2.45) is 0 Å². The molecule has 22 heavy (non-hydrogen) atoms. The average Bonchev–Trinajstić information content (AvgIpc) is 2.94. The molecular weight excluding hydrogens is 342 g/mol. The summed E-state index contributed by atoms with van der Waals surface area (Å²) in [6.07, 6.45) is 1.31. The number of hydrogen-bond donors (Lipinski definition) is 1. The highest BCUT2D eigenvalue weighted by Crippen LogP contribution is 2.29. The number of rotatable bonds is 6. The SMILES string of the molecule is C[C@@H](NS(=O)(=O)c1ccc(OC(F)F)c(Cl)c1)c1ccon1. The molecule has 0 fully saturated rings. The number of alkyl halides is 2. The maximum atomic E-state index is 12.2. The minimum absolute atomic E-state index is 0.186. The van der Waals surface area contributed by atoms with Gasteiger partial charge in [0.05, 0.1) is 16.0 Å². The number of nitrogens with zero attached hydrogens (tertiary/aromatic N) is 1. The fourth-order valence-electron chi connectivity index (χ4n) is 1.65. The molecule has 1 aromatic heterocycles. The largest absolute Gasteiger partial charge is 0.433 e. The van der Waals surface area contributed by atoms with Gasteiger partial charge >= 0.3 is 6.61 Å². The van der Waals surface area contributed by atoms with Gasteiger partial charge in [-0.2, -0.15) is 8.78 Å². The molecule has 0 aliphatic rings. The standard InChI is InChI=1S/C12H11ClF2N2O4S/c1-7(10-4-5-20-16-10)17-22(18,19)8-2-3-11(9(13)6-8)21-12(14)15/h2-7,12,17H,1H3/t7-/m1/s1. The summed E-state index contributed by atoms with van der Waals surface area (Å²) in [6.45, 7) is -1.48. The van der Waals surface area contributed by atoms with Crippen molar-refractivity contribution in [3.63, 3.8) is 0 Å². The van der Waals surface area contributed by atoms with Crippen LogP contribution in [0.4, 0.5) is 8.78 Å². The van der Waals surface area contributed by atoms with E-state index in [1.807, 2.05) is 0 Å². The molecule has 0 aliphatic carbocycles. The van der Waals surface area contributed by atoms with E-state index in [4.69, 9.17) is 11.6 Å². The predicted octanol–water partition coefficient (Wildman–Crippen LogP) is 2.97. The lowest BCUT2D eigenvalue weighted by molar-refractivity contribution is -0.0498.